The van der Waals surface area contributed by atoms with Crippen LogP contribution < -0.4 is 10.1 Å². The third-order valence-corrected chi connectivity index (χ3v) is 4.80. The number of ether oxygens (including phenoxy) is 1. The van der Waals surface area contributed by atoms with E-state index in [-0.39, 0.29) is 5.91 Å². The summed E-state index contributed by atoms with van der Waals surface area (Å²) < 4.78 is 7.59. The third-order valence-electron chi connectivity index (χ3n) is 3.93. The van der Waals surface area contributed by atoms with E-state index < -0.39 is 0 Å². The number of hydrogen-bond acceptors (Lipinski definition) is 7. The molecule has 1 amide bonds. The number of nitrogens with one attached hydrogen (secondary N) is 1. The van der Waals surface area contributed by atoms with Crippen LogP contribution in [0.25, 0.3) is 10.7 Å². The number of anilines is 1. The predicted molar refractivity (Wildman–Crippen MR) is 105 cm³/mol. The van der Waals surface area contributed by atoms with E-state index in [4.69, 9.17) is 4.74 Å². The lowest BCUT2D eigenvalue weighted by Gasteiger charge is -2.07. The summed E-state index contributed by atoms with van der Waals surface area (Å²) in [5.74, 6) is 1.22. The molecule has 0 aliphatic rings. The summed E-state index contributed by atoms with van der Waals surface area (Å²) in [6.45, 7) is 0.357. The van der Waals surface area contributed by atoms with Crippen LogP contribution in [0.2, 0.25) is 0 Å². The SMILES string of the molecule is Cn1ccnc1COc1ccc(C(=O)Nc2nnc(-c3ccccn3)s2)cc1. The normalized spacial score (nSPS) is 10.6. The van der Waals surface area contributed by atoms with Crippen LogP contribution in [0.1, 0.15) is 16.2 Å². The number of nitrogens with zero attached hydrogens (tertiary/aromatic N) is 5. The number of carbonyl (C=O) groups excluding carboxylic acids is 1. The lowest BCUT2D eigenvalue weighted by Crippen LogP contribution is -2.11. The van der Waals surface area contributed by atoms with Gasteiger partial charge in [0.15, 0.2) is 5.01 Å². The van der Waals surface area contributed by atoms with Gasteiger partial charge in [-0.3, -0.25) is 15.1 Å². The summed E-state index contributed by atoms with van der Waals surface area (Å²) in [5.41, 5.74) is 1.22. The van der Waals surface area contributed by atoms with Crippen LogP contribution in [0.3, 0.4) is 0 Å². The van der Waals surface area contributed by atoms with Crippen LogP contribution in [0.4, 0.5) is 5.13 Å². The van der Waals surface area contributed by atoms with Crippen LogP contribution >= 0.6 is 11.3 Å². The first-order valence-electron chi connectivity index (χ1n) is 8.44. The van der Waals surface area contributed by atoms with Crippen molar-refractivity contribution in [3.63, 3.8) is 0 Å². The highest BCUT2D eigenvalue weighted by Crippen LogP contribution is 2.25. The van der Waals surface area contributed by atoms with E-state index in [1.165, 1.54) is 11.3 Å². The zero-order chi connectivity index (χ0) is 19.3. The number of pyridine rings is 1. The fourth-order valence-electron chi connectivity index (χ4n) is 2.42. The lowest BCUT2D eigenvalue weighted by molar-refractivity contribution is 0.102. The predicted octanol–water partition coefficient (Wildman–Crippen LogP) is 3.16. The molecule has 3 heterocycles. The first kappa shape index (κ1) is 17.8. The van der Waals surface area contributed by atoms with Gasteiger partial charge in [0.1, 0.15) is 23.9 Å². The van der Waals surface area contributed by atoms with Gasteiger partial charge in [0, 0.05) is 31.2 Å². The molecule has 0 atom stereocenters. The molecule has 8 nitrogen and oxygen atoms in total. The maximum Gasteiger partial charge on any atom is 0.257 e. The Balaban J connectivity index is 1.37. The number of imidazole rings is 1. The van der Waals surface area contributed by atoms with Crippen LogP contribution in [0, 0.1) is 0 Å². The standard InChI is InChI=1S/C19H16N6O2S/c1-25-11-10-21-16(25)12-27-14-7-5-13(6-8-14)17(26)22-19-24-23-18(28-19)15-4-2-3-9-20-15/h2-11H,12H2,1H3,(H,22,24,26). The number of aromatic nitrogens is 5. The average Bonchev–Trinajstić information content (AvgIpc) is 3.36. The summed E-state index contributed by atoms with van der Waals surface area (Å²) in [4.78, 5) is 20.8. The molecule has 0 aliphatic heterocycles. The highest BCUT2D eigenvalue weighted by atomic mass is 32.1. The smallest absolute Gasteiger partial charge is 0.257 e. The Labute approximate surface area is 164 Å². The van der Waals surface area contributed by atoms with Gasteiger partial charge in [-0.2, -0.15) is 0 Å². The second kappa shape index (κ2) is 7.97. The number of hydrogen-bond donors (Lipinski definition) is 1. The zero-order valence-electron chi connectivity index (χ0n) is 14.9. The van der Waals surface area contributed by atoms with Gasteiger partial charge in [0.25, 0.3) is 5.91 Å². The Hall–Kier alpha value is -3.59. The van der Waals surface area contributed by atoms with E-state index in [1.54, 1.807) is 36.7 Å². The molecule has 0 unspecified atom stereocenters. The van der Waals surface area contributed by atoms with Crippen molar-refractivity contribution in [3.8, 4) is 16.5 Å². The summed E-state index contributed by atoms with van der Waals surface area (Å²) in [5, 5.41) is 11.9. The Morgan fingerprint density at radius 3 is 2.68 bits per heavy atom. The van der Waals surface area contributed by atoms with Gasteiger partial charge in [-0.1, -0.05) is 17.4 Å². The molecule has 3 aromatic heterocycles. The van der Waals surface area contributed by atoms with Crippen LogP contribution in [-0.4, -0.2) is 30.6 Å². The summed E-state index contributed by atoms with van der Waals surface area (Å²) >= 11 is 1.27. The van der Waals surface area contributed by atoms with Gasteiger partial charge in [0.2, 0.25) is 5.13 Å². The van der Waals surface area contributed by atoms with Crippen molar-refractivity contribution in [2.24, 2.45) is 7.05 Å². The largest absolute Gasteiger partial charge is 0.486 e. The summed E-state index contributed by atoms with van der Waals surface area (Å²) in [6.07, 6.45) is 5.27. The first-order valence-corrected chi connectivity index (χ1v) is 9.26. The highest BCUT2D eigenvalue weighted by Gasteiger charge is 2.12. The van der Waals surface area contributed by atoms with E-state index in [1.807, 2.05) is 36.0 Å². The Morgan fingerprint density at radius 2 is 1.96 bits per heavy atom. The minimum atomic E-state index is -0.264. The minimum Gasteiger partial charge on any atom is -0.486 e. The second-order valence-corrected chi connectivity index (χ2v) is 6.83. The molecule has 9 heteroatoms. The van der Waals surface area contributed by atoms with Crippen molar-refractivity contribution in [1.29, 1.82) is 0 Å². The maximum atomic E-state index is 12.4. The molecule has 0 bridgehead atoms. The number of amides is 1. The Kier molecular flexibility index (Phi) is 5.07. The molecule has 140 valence electrons. The van der Waals surface area contributed by atoms with Gasteiger partial charge < -0.3 is 9.30 Å². The number of aryl methyl sites for hydroxylation is 1. The topological polar surface area (TPSA) is 94.8 Å². The van der Waals surface area contributed by atoms with Crippen LogP contribution in [0.15, 0.2) is 61.1 Å². The Morgan fingerprint density at radius 1 is 1.11 bits per heavy atom. The van der Waals surface area contributed by atoms with Crippen molar-refractivity contribution in [2.75, 3.05) is 5.32 Å². The number of rotatable bonds is 6. The molecule has 0 aliphatic carbocycles. The highest BCUT2D eigenvalue weighted by molar-refractivity contribution is 7.18. The van der Waals surface area contributed by atoms with Crippen LogP contribution in [0.5, 0.6) is 5.75 Å². The second-order valence-electron chi connectivity index (χ2n) is 5.85. The molecular formula is C19H16N6O2S. The monoisotopic (exact) mass is 392 g/mol. The Bertz CT molecular complexity index is 1080. The van der Waals surface area contributed by atoms with E-state index in [0.29, 0.717) is 28.1 Å². The van der Waals surface area contributed by atoms with Gasteiger partial charge in [-0.05, 0) is 36.4 Å². The van der Waals surface area contributed by atoms with Gasteiger partial charge >= 0.3 is 0 Å². The minimum absolute atomic E-state index is 0.264. The van der Waals surface area contributed by atoms with Crippen molar-refractivity contribution >= 4 is 22.4 Å². The average molecular weight is 392 g/mol. The molecule has 4 rings (SSSR count). The maximum absolute atomic E-state index is 12.4. The fraction of sp³-hybridized carbons (Fsp3) is 0.105. The van der Waals surface area contributed by atoms with Crippen LogP contribution in [-0.2, 0) is 13.7 Å². The van der Waals surface area contributed by atoms with E-state index in [0.717, 1.165) is 11.5 Å². The summed E-state index contributed by atoms with van der Waals surface area (Å²) in [7, 11) is 1.91. The van der Waals surface area contributed by atoms with Gasteiger partial charge in [-0.15, -0.1) is 10.2 Å². The molecule has 4 aromatic rings. The molecule has 28 heavy (non-hydrogen) atoms. The molecule has 0 saturated carbocycles. The summed E-state index contributed by atoms with van der Waals surface area (Å²) in [6, 6.07) is 12.4. The fourth-order valence-corrected chi connectivity index (χ4v) is 3.14. The zero-order valence-corrected chi connectivity index (χ0v) is 15.8. The molecular weight excluding hydrogens is 376 g/mol. The van der Waals surface area contributed by atoms with Crippen molar-refractivity contribution in [3.05, 3.63) is 72.4 Å². The molecule has 0 radical (unpaired) electrons. The molecule has 0 fully saturated rings. The molecule has 1 N–H and O–H groups in total. The number of carbonyl (C=O) groups is 1. The van der Waals surface area contributed by atoms with E-state index in [2.05, 4.69) is 25.5 Å². The first-order chi connectivity index (χ1) is 13.7. The molecule has 1 aromatic carbocycles. The third kappa shape index (κ3) is 4.04. The van der Waals surface area contributed by atoms with E-state index in [9.17, 15) is 4.79 Å². The molecule has 0 saturated heterocycles. The van der Waals surface area contributed by atoms with Gasteiger partial charge in [0.05, 0.1) is 0 Å². The van der Waals surface area contributed by atoms with Gasteiger partial charge in [-0.25, -0.2) is 4.98 Å². The number of benzene rings is 1. The van der Waals surface area contributed by atoms with Crippen molar-refractivity contribution in [2.45, 2.75) is 6.61 Å². The van der Waals surface area contributed by atoms with E-state index >= 15 is 0 Å². The van der Waals surface area contributed by atoms with Crippen molar-refractivity contribution < 1.29 is 9.53 Å². The lowest BCUT2D eigenvalue weighted by atomic mass is 10.2. The quantitative estimate of drug-likeness (QED) is 0.542. The van der Waals surface area contributed by atoms with Crippen molar-refractivity contribution in [1.82, 2.24) is 24.7 Å². The molecule has 0 spiro atoms.